The quantitative estimate of drug-likeness (QED) is 0.358. The molecule has 3 heterocycles. The number of benzene rings is 2. The topological polar surface area (TPSA) is 98.5 Å². The Morgan fingerprint density at radius 3 is 2.76 bits per heavy atom. The molecule has 2 aromatic carbocycles. The van der Waals surface area contributed by atoms with Crippen LogP contribution in [-0.4, -0.2) is 39.0 Å². The Bertz CT molecular complexity index is 1460. The molecule has 2 aromatic heterocycles. The first kappa shape index (κ1) is 24.5. The number of ether oxygens (including phenoxy) is 2. The number of hydrogen-bond acceptors (Lipinski definition) is 6. The van der Waals surface area contributed by atoms with Gasteiger partial charge in [0.15, 0.2) is 5.82 Å². The number of hydrogen-bond donors (Lipinski definition) is 2. The van der Waals surface area contributed by atoms with Gasteiger partial charge in [-0.2, -0.15) is 9.78 Å². The number of carboxylic acid groups (broad SMARTS) is 1. The highest BCUT2D eigenvalue weighted by Crippen LogP contribution is 2.34. The average molecular weight is 499 g/mol. The smallest absolute Gasteiger partial charge is 0.342 e. The van der Waals surface area contributed by atoms with Gasteiger partial charge in [-0.25, -0.2) is 9.78 Å². The lowest BCUT2D eigenvalue weighted by molar-refractivity contribution is 0.0692. The third-order valence-electron chi connectivity index (χ3n) is 6.72. The second-order valence-electron chi connectivity index (χ2n) is 9.05. The first-order valence-electron chi connectivity index (χ1n) is 12.4. The monoisotopic (exact) mass is 498 g/mol. The molecule has 0 atom stereocenters. The number of aryl methyl sites for hydroxylation is 1. The maximum absolute atomic E-state index is 11.6. The molecule has 0 bridgehead atoms. The van der Waals surface area contributed by atoms with Crippen molar-refractivity contribution in [2.45, 2.75) is 40.3 Å². The minimum absolute atomic E-state index is 0.00942. The molecule has 8 heteroatoms. The molecule has 1 aliphatic rings. The van der Waals surface area contributed by atoms with Gasteiger partial charge in [-0.05, 0) is 79.8 Å². The summed E-state index contributed by atoms with van der Waals surface area (Å²) in [6.45, 7) is 8.67. The fraction of sp³-hybridized carbons (Fsp3) is 0.276. The van der Waals surface area contributed by atoms with Crippen LogP contribution in [0.1, 0.15) is 45.1 Å². The Morgan fingerprint density at radius 2 is 1.95 bits per heavy atom. The van der Waals surface area contributed by atoms with E-state index in [4.69, 9.17) is 14.5 Å². The Balaban J connectivity index is 1.48. The molecule has 0 amide bonds. The molecular weight excluding hydrogens is 468 g/mol. The van der Waals surface area contributed by atoms with Gasteiger partial charge in [0.2, 0.25) is 5.88 Å². The fourth-order valence-corrected chi connectivity index (χ4v) is 4.78. The van der Waals surface area contributed by atoms with E-state index >= 15 is 0 Å². The summed E-state index contributed by atoms with van der Waals surface area (Å²) in [6.07, 6.45) is 2.31. The van der Waals surface area contributed by atoms with Crippen LogP contribution in [0.3, 0.4) is 0 Å². The van der Waals surface area contributed by atoms with Crippen molar-refractivity contribution in [3.8, 4) is 28.7 Å². The van der Waals surface area contributed by atoms with Gasteiger partial charge < -0.3 is 19.9 Å². The molecule has 0 spiro atoms. The zero-order valence-electron chi connectivity index (χ0n) is 21.2. The van der Waals surface area contributed by atoms with Gasteiger partial charge in [0.05, 0.1) is 18.5 Å². The predicted octanol–water partition coefficient (Wildman–Crippen LogP) is 4.87. The third kappa shape index (κ3) is 4.80. The number of carboxylic acids is 1. The minimum atomic E-state index is -1.10. The van der Waals surface area contributed by atoms with Crippen molar-refractivity contribution >= 4 is 5.97 Å². The van der Waals surface area contributed by atoms with Crippen molar-refractivity contribution in [3.05, 3.63) is 88.1 Å². The number of pyridine rings is 1. The van der Waals surface area contributed by atoms with E-state index in [0.717, 1.165) is 36.4 Å². The van der Waals surface area contributed by atoms with Gasteiger partial charge >= 0.3 is 5.97 Å². The summed E-state index contributed by atoms with van der Waals surface area (Å²) in [6, 6.07) is 15.9. The van der Waals surface area contributed by atoms with Gasteiger partial charge in [0.1, 0.15) is 17.9 Å². The lowest BCUT2D eigenvalue weighted by atomic mass is 9.93. The molecule has 0 radical (unpaired) electrons. The summed E-state index contributed by atoms with van der Waals surface area (Å²) in [5.74, 6) is 0.273. The number of aromatic nitrogens is 3. The van der Waals surface area contributed by atoms with Gasteiger partial charge in [0, 0.05) is 12.1 Å². The third-order valence-corrected chi connectivity index (χ3v) is 6.72. The van der Waals surface area contributed by atoms with E-state index in [-0.39, 0.29) is 11.4 Å². The molecule has 8 nitrogen and oxygen atoms in total. The Kier molecular flexibility index (Phi) is 6.92. The number of rotatable bonds is 8. The average Bonchev–Trinajstić information content (AvgIpc) is 3.33. The van der Waals surface area contributed by atoms with Crippen LogP contribution >= 0.6 is 0 Å². The predicted molar refractivity (Wildman–Crippen MR) is 141 cm³/mol. The zero-order chi connectivity index (χ0) is 25.9. The van der Waals surface area contributed by atoms with E-state index < -0.39 is 5.97 Å². The maximum atomic E-state index is 11.6. The molecule has 0 aliphatic carbocycles. The van der Waals surface area contributed by atoms with E-state index in [2.05, 4.69) is 29.5 Å². The highest BCUT2D eigenvalue weighted by Gasteiger charge is 2.21. The van der Waals surface area contributed by atoms with Crippen molar-refractivity contribution in [1.82, 2.24) is 20.1 Å². The van der Waals surface area contributed by atoms with Crippen LogP contribution in [0.25, 0.3) is 17.1 Å². The van der Waals surface area contributed by atoms with Crippen LogP contribution in [0.15, 0.2) is 54.7 Å². The van der Waals surface area contributed by atoms with E-state index in [1.807, 2.05) is 37.3 Å². The van der Waals surface area contributed by atoms with Crippen LogP contribution in [0, 0.1) is 13.8 Å². The first-order valence-corrected chi connectivity index (χ1v) is 12.4. The summed E-state index contributed by atoms with van der Waals surface area (Å²) in [4.78, 5) is 16.4. The molecule has 2 N–H and O–H groups in total. The van der Waals surface area contributed by atoms with Gasteiger partial charge in [-0.1, -0.05) is 30.3 Å². The summed E-state index contributed by atoms with van der Waals surface area (Å²) in [7, 11) is 0. The Morgan fingerprint density at radius 1 is 1.11 bits per heavy atom. The Labute approximate surface area is 215 Å². The standard InChI is InChI=1S/C29H30N4O4/c1-4-36-28-24(29(34)35)16-31-33(28)26-10-6-9-25(32-26)23-8-5-7-18(2)27(23)37-17-21-12-11-20-15-30-14-13-22(20)19(21)3/h5-12,16,30H,4,13-15,17H2,1-3H3,(H,34,35). The highest BCUT2D eigenvalue weighted by molar-refractivity contribution is 5.90. The summed E-state index contributed by atoms with van der Waals surface area (Å²) in [5, 5.41) is 17.2. The zero-order valence-corrected chi connectivity index (χ0v) is 21.2. The van der Waals surface area contributed by atoms with Gasteiger partial charge in [-0.15, -0.1) is 0 Å². The molecule has 1 aliphatic heterocycles. The molecule has 0 unspecified atom stereocenters. The molecule has 37 heavy (non-hydrogen) atoms. The number of nitrogens with zero attached hydrogens (tertiary/aromatic N) is 3. The fourth-order valence-electron chi connectivity index (χ4n) is 4.78. The molecule has 0 saturated heterocycles. The number of para-hydroxylation sites is 1. The molecule has 0 fully saturated rings. The number of fused-ring (bicyclic) bond motifs is 1. The van der Waals surface area contributed by atoms with Crippen molar-refractivity contribution in [3.63, 3.8) is 0 Å². The molecule has 4 aromatic rings. The van der Waals surface area contributed by atoms with Crippen molar-refractivity contribution in [2.24, 2.45) is 0 Å². The van der Waals surface area contributed by atoms with Gasteiger partial charge in [0.25, 0.3) is 0 Å². The maximum Gasteiger partial charge on any atom is 0.342 e. The SMILES string of the molecule is CCOc1c(C(=O)O)cnn1-c1cccc(-c2cccc(C)c2OCc2ccc3c(c2C)CCNC3)n1. The molecule has 190 valence electrons. The van der Waals surface area contributed by atoms with Crippen LogP contribution in [0.5, 0.6) is 11.6 Å². The highest BCUT2D eigenvalue weighted by atomic mass is 16.5. The summed E-state index contributed by atoms with van der Waals surface area (Å²) in [5.41, 5.74) is 7.80. The Hall–Kier alpha value is -4.17. The van der Waals surface area contributed by atoms with E-state index in [1.165, 1.54) is 33.1 Å². The molecular formula is C29H30N4O4. The molecule has 0 saturated carbocycles. The summed E-state index contributed by atoms with van der Waals surface area (Å²) < 4.78 is 13.5. The van der Waals surface area contributed by atoms with Crippen LogP contribution in [0.4, 0.5) is 0 Å². The van der Waals surface area contributed by atoms with E-state index in [0.29, 0.717) is 24.7 Å². The number of carbonyl (C=O) groups is 1. The van der Waals surface area contributed by atoms with Crippen molar-refractivity contribution in [1.29, 1.82) is 0 Å². The van der Waals surface area contributed by atoms with E-state index in [9.17, 15) is 9.90 Å². The largest absolute Gasteiger partial charge is 0.488 e. The van der Waals surface area contributed by atoms with E-state index in [1.54, 1.807) is 13.0 Å². The van der Waals surface area contributed by atoms with Gasteiger partial charge in [-0.3, -0.25) is 0 Å². The molecule has 5 rings (SSSR count). The second kappa shape index (κ2) is 10.4. The minimum Gasteiger partial charge on any atom is -0.488 e. The lowest BCUT2D eigenvalue weighted by Gasteiger charge is -2.22. The van der Waals surface area contributed by atoms with Crippen molar-refractivity contribution < 1.29 is 19.4 Å². The van der Waals surface area contributed by atoms with Crippen LogP contribution < -0.4 is 14.8 Å². The number of nitrogens with one attached hydrogen (secondary N) is 1. The number of aromatic carboxylic acids is 1. The second-order valence-corrected chi connectivity index (χ2v) is 9.05. The summed E-state index contributed by atoms with van der Waals surface area (Å²) >= 11 is 0. The first-order chi connectivity index (χ1) is 18.0. The van der Waals surface area contributed by atoms with Crippen LogP contribution in [0.2, 0.25) is 0 Å². The van der Waals surface area contributed by atoms with Crippen LogP contribution in [-0.2, 0) is 19.6 Å². The normalized spacial score (nSPS) is 12.7. The van der Waals surface area contributed by atoms with Crippen molar-refractivity contribution in [2.75, 3.05) is 13.2 Å². The lowest BCUT2D eigenvalue weighted by Crippen LogP contribution is -2.24.